The Morgan fingerprint density at radius 3 is 2.40 bits per heavy atom. The van der Waals surface area contributed by atoms with Crippen LogP contribution in [0.25, 0.3) is 11.0 Å². The maximum absolute atomic E-state index is 13.7. The van der Waals surface area contributed by atoms with Crippen molar-refractivity contribution in [1.82, 2.24) is 25.5 Å². The lowest BCUT2D eigenvalue weighted by molar-refractivity contribution is -0.119. The van der Waals surface area contributed by atoms with Gasteiger partial charge in [0.2, 0.25) is 11.7 Å². The molecule has 0 radical (unpaired) electrons. The van der Waals surface area contributed by atoms with Crippen molar-refractivity contribution in [1.29, 1.82) is 0 Å². The molecule has 7 rings (SSSR count). The maximum Gasteiger partial charge on any atom is 0.329 e. The Bertz CT molecular complexity index is 1400. The van der Waals surface area contributed by atoms with Gasteiger partial charge >= 0.3 is 6.03 Å². The van der Waals surface area contributed by atoms with Crippen molar-refractivity contribution in [3.8, 4) is 12.8 Å². The maximum atomic E-state index is 13.7. The highest BCUT2D eigenvalue weighted by Gasteiger charge is 2.35. The number of terminal acetylenes is 1. The van der Waals surface area contributed by atoms with Crippen molar-refractivity contribution in [3.05, 3.63) is 46.9 Å². The monoisotopic (exact) mass is 586 g/mol. The van der Waals surface area contributed by atoms with Gasteiger partial charge in [-0.25, -0.2) is 14.7 Å². The number of anilines is 1. The molecule has 230 valence electrons. The minimum Gasteiger partial charge on any atom is -0.333 e. The summed E-state index contributed by atoms with van der Waals surface area (Å²) in [5.41, 5.74) is 1.19. The van der Waals surface area contributed by atoms with E-state index in [0.717, 1.165) is 49.0 Å². The second-order valence-electron chi connectivity index (χ2n) is 12.9. The van der Waals surface area contributed by atoms with Crippen LogP contribution >= 0.6 is 0 Å². The first-order valence-electron chi connectivity index (χ1n) is 16.0. The van der Waals surface area contributed by atoms with E-state index < -0.39 is 12.2 Å². The highest BCUT2D eigenvalue weighted by atomic mass is 16.2. The number of benzene rings is 1. The second kappa shape index (κ2) is 13.8. The molecule has 2 saturated carbocycles. The molecule has 1 aromatic carbocycles. The van der Waals surface area contributed by atoms with Crippen molar-refractivity contribution < 1.29 is 9.59 Å². The molecule has 2 aromatic rings. The van der Waals surface area contributed by atoms with Crippen molar-refractivity contribution in [3.63, 3.8) is 0 Å². The lowest BCUT2D eigenvalue weighted by atomic mass is 9.67. The summed E-state index contributed by atoms with van der Waals surface area (Å²) in [6.07, 6.45) is 25.0. The summed E-state index contributed by atoms with van der Waals surface area (Å²) in [4.78, 5) is 43.5. The van der Waals surface area contributed by atoms with Gasteiger partial charge in [0.15, 0.2) is 0 Å². The molecule has 5 aliphatic rings. The number of amides is 3. The molecule has 2 saturated heterocycles. The van der Waals surface area contributed by atoms with E-state index in [4.69, 9.17) is 0 Å². The van der Waals surface area contributed by atoms with Crippen molar-refractivity contribution >= 4 is 28.8 Å². The number of carbonyl (C=O) groups excluding carboxylic acids is 2. The number of fused-ring (bicyclic) bond motifs is 5. The molecular weight excluding hydrogens is 540 g/mol. The fraction of sp³-hybridized carbons (Fsp3) is 0.588. The highest BCUT2D eigenvalue weighted by Crippen LogP contribution is 2.42. The number of hydrogen-bond acceptors (Lipinski definition) is 5. The molecular formula is C34H46N6O3. The molecule has 3 N–H and O–H groups in total. The van der Waals surface area contributed by atoms with Gasteiger partial charge in [0, 0.05) is 31.2 Å². The third kappa shape index (κ3) is 6.96. The van der Waals surface area contributed by atoms with Crippen LogP contribution in [0.2, 0.25) is 0 Å². The molecule has 2 aliphatic carbocycles. The van der Waals surface area contributed by atoms with Crippen LogP contribution in [0.15, 0.2) is 41.3 Å². The second-order valence-corrected chi connectivity index (χ2v) is 12.9. The number of rotatable bonds is 3. The predicted molar refractivity (Wildman–Crippen MR) is 170 cm³/mol. The number of piperidine rings is 2. The molecule has 1 aromatic heterocycles. The molecule has 43 heavy (non-hydrogen) atoms. The molecule has 4 unspecified atom stereocenters. The first-order chi connectivity index (χ1) is 20.9. The fourth-order valence-electron chi connectivity index (χ4n) is 7.91. The smallest absolute Gasteiger partial charge is 0.329 e. The summed E-state index contributed by atoms with van der Waals surface area (Å²) in [6.45, 7) is 3.83. The van der Waals surface area contributed by atoms with Crippen LogP contribution in [0.4, 0.5) is 10.6 Å². The van der Waals surface area contributed by atoms with Crippen LogP contribution in [-0.4, -0.2) is 39.7 Å². The fourth-order valence-corrected chi connectivity index (χ4v) is 7.91. The predicted octanol–water partition coefficient (Wildman–Crippen LogP) is 5.22. The standard InChI is InChI=1S/C22H26N6O3.C10H18.C2H2/c1-13(29)23-19-9-10-27(22(31)26-19)20-21(30)28(18-8-3-2-7-17(18)25-20)16-11-14-5-4-6-15(12-16)24-14;1-8-5-6-9-3-2-4-10(8)7-9;1-2/h2-3,7-10,14-16,19,24H,4-6,11-12H2,1H3,(H,23,29)(H,26,31);8-10H,2-7H2,1H3;1-2H/t14-,15+,16?,19?;8?,9-,10?;/m.0./s1. The minimum atomic E-state index is -0.618. The number of nitrogens with zero attached hydrogens (tertiary/aromatic N) is 3. The van der Waals surface area contributed by atoms with Gasteiger partial charge in [-0.15, -0.1) is 12.8 Å². The van der Waals surface area contributed by atoms with Crippen LogP contribution in [0, 0.1) is 30.6 Å². The Labute approximate surface area is 254 Å². The van der Waals surface area contributed by atoms with Gasteiger partial charge in [-0.1, -0.05) is 57.6 Å². The lowest BCUT2D eigenvalue weighted by Gasteiger charge is -2.41. The van der Waals surface area contributed by atoms with Crippen LogP contribution < -0.4 is 26.4 Å². The van der Waals surface area contributed by atoms with E-state index in [1.807, 2.05) is 28.8 Å². The van der Waals surface area contributed by atoms with Gasteiger partial charge < -0.3 is 20.5 Å². The topological polar surface area (TPSA) is 108 Å². The van der Waals surface area contributed by atoms with Gasteiger partial charge in [0.1, 0.15) is 6.17 Å². The zero-order valence-corrected chi connectivity index (χ0v) is 25.5. The van der Waals surface area contributed by atoms with E-state index in [9.17, 15) is 14.4 Å². The van der Waals surface area contributed by atoms with Gasteiger partial charge in [-0.05, 0) is 68.1 Å². The Morgan fingerprint density at radius 2 is 1.70 bits per heavy atom. The number of para-hydroxylation sites is 2. The SMILES string of the molecule is C#C.CC(=O)NC1C=CN(c2nc3ccccc3n(C3C[C@H]4CCC[C@@H](C3)N4)c2=O)C(=O)N1.CC1CC[C@@H]2CCCC1C2. The third-order valence-electron chi connectivity index (χ3n) is 10.0. The number of carbonyl (C=O) groups is 2. The number of nitrogens with one attached hydrogen (secondary N) is 3. The van der Waals surface area contributed by atoms with Crippen LogP contribution in [0.5, 0.6) is 0 Å². The zero-order valence-electron chi connectivity index (χ0n) is 25.5. The normalized spacial score (nSPS) is 31.0. The van der Waals surface area contributed by atoms with Gasteiger partial charge in [-0.2, -0.15) is 0 Å². The average molecular weight is 587 g/mol. The Hall–Kier alpha value is -3.64. The van der Waals surface area contributed by atoms with E-state index in [0.29, 0.717) is 17.6 Å². The number of hydrogen-bond donors (Lipinski definition) is 3. The number of aromatic nitrogens is 2. The summed E-state index contributed by atoms with van der Waals surface area (Å²) in [6, 6.07) is 7.95. The molecule has 4 bridgehead atoms. The molecule has 0 spiro atoms. The van der Waals surface area contributed by atoms with E-state index in [1.165, 1.54) is 50.1 Å². The van der Waals surface area contributed by atoms with Gasteiger partial charge in [0.05, 0.1) is 11.0 Å². The first-order valence-corrected chi connectivity index (χ1v) is 16.0. The zero-order chi connectivity index (χ0) is 30.5. The van der Waals surface area contributed by atoms with Gasteiger partial charge in [0.25, 0.3) is 5.56 Å². The van der Waals surface area contributed by atoms with Crippen LogP contribution in [0.1, 0.15) is 90.5 Å². The molecule has 4 heterocycles. The summed E-state index contributed by atoms with van der Waals surface area (Å²) in [5.74, 6) is 3.11. The molecule has 3 amide bonds. The summed E-state index contributed by atoms with van der Waals surface area (Å²) >= 11 is 0. The summed E-state index contributed by atoms with van der Waals surface area (Å²) in [7, 11) is 0. The van der Waals surface area contributed by atoms with E-state index >= 15 is 0 Å². The summed E-state index contributed by atoms with van der Waals surface area (Å²) in [5, 5.41) is 8.97. The van der Waals surface area contributed by atoms with E-state index in [-0.39, 0.29) is 23.3 Å². The number of urea groups is 1. The largest absolute Gasteiger partial charge is 0.333 e. The van der Waals surface area contributed by atoms with Crippen molar-refractivity contribution in [2.45, 2.75) is 109 Å². The molecule has 3 aliphatic heterocycles. The molecule has 7 atom stereocenters. The van der Waals surface area contributed by atoms with Crippen LogP contribution in [-0.2, 0) is 4.79 Å². The first kappa shape index (κ1) is 30.8. The lowest BCUT2D eigenvalue weighted by Crippen LogP contribution is -2.54. The Balaban J connectivity index is 0.000000256. The summed E-state index contributed by atoms with van der Waals surface area (Å²) < 4.78 is 1.84. The van der Waals surface area contributed by atoms with Crippen molar-refractivity contribution in [2.75, 3.05) is 4.90 Å². The molecule has 9 heteroatoms. The van der Waals surface area contributed by atoms with Gasteiger partial charge in [-0.3, -0.25) is 9.59 Å². The average Bonchev–Trinajstić information content (AvgIpc) is 3.00. The Kier molecular flexibility index (Phi) is 9.86. The van der Waals surface area contributed by atoms with Crippen molar-refractivity contribution in [2.24, 2.45) is 17.8 Å². The molecule has 9 nitrogen and oxygen atoms in total. The van der Waals surface area contributed by atoms with E-state index in [2.05, 4.69) is 40.7 Å². The quantitative estimate of drug-likeness (QED) is 0.428. The highest BCUT2D eigenvalue weighted by molar-refractivity contribution is 5.95. The minimum absolute atomic E-state index is 0.0552. The van der Waals surface area contributed by atoms with Crippen LogP contribution in [0.3, 0.4) is 0 Å². The molecule has 4 fully saturated rings. The Morgan fingerprint density at radius 1 is 0.977 bits per heavy atom. The third-order valence-corrected chi connectivity index (χ3v) is 10.0. The van der Waals surface area contributed by atoms with E-state index in [1.54, 1.807) is 18.9 Å².